The van der Waals surface area contributed by atoms with E-state index >= 15 is 0 Å². The van der Waals surface area contributed by atoms with Gasteiger partial charge in [-0.3, -0.25) is 4.79 Å². The minimum atomic E-state index is -1.20. The number of carboxylic acids is 1. The van der Waals surface area contributed by atoms with E-state index in [0.717, 1.165) is 5.56 Å². The maximum absolute atomic E-state index is 11.9. The van der Waals surface area contributed by atoms with Gasteiger partial charge >= 0.3 is 12.1 Å². The minimum absolute atomic E-state index is 0.314. The minimum Gasteiger partial charge on any atom is -0.481 e. The van der Waals surface area contributed by atoms with Crippen molar-refractivity contribution in [3.63, 3.8) is 0 Å². The lowest BCUT2D eigenvalue weighted by molar-refractivity contribution is -0.139. The van der Waals surface area contributed by atoms with E-state index in [-0.39, 0.29) is 0 Å². The molecule has 0 aliphatic carbocycles. The molecule has 0 saturated carbocycles. The highest BCUT2D eigenvalue weighted by Crippen LogP contribution is 2.11. The zero-order valence-electron chi connectivity index (χ0n) is 13.1. The average molecular weight is 309 g/mol. The lowest BCUT2D eigenvalue weighted by Crippen LogP contribution is -2.47. The van der Waals surface area contributed by atoms with Crippen molar-refractivity contribution in [2.24, 2.45) is 0 Å². The fraction of sp³-hybridized carbons (Fsp3) is 0.500. The molecule has 0 aromatic heterocycles. The fourth-order valence-electron chi connectivity index (χ4n) is 1.93. The topological polar surface area (TPSA) is 95.9 Å². The number of aliphatic carboxylic acids is 1. The molecule has 6 nitrogen and oxygen atoms in total. The molecule has 0 aliphatic heterocycles. The molecule has 0 aliphatic rings. The molecule has 22 heavy (non-hydrogen) atoms. The SMILES string of the molecule is CC(C)(C)OC(=O)N[C@@H](Cc1ccccc1)[C@H](O)CC(=O)O. The van der Waals surface area contributed by atoms with Gasteiger partial charge in [0.15, 0.2) is 0 Å². The zero-order chi connectivity index (χ0) is 16.8. The third kappa shape index (κ3) is 7.08. The van der Waals surface area contributed by atoms with Crippen molar-refractivity contribution in [1.29, 1.82) is 0 Å². The van der Waals surface area contributed by atoms with Crippen LogP contribution < -0.4 is 5.32 Å². The predicted octanol–water partition coefficient (Wildman–Crippen LogP) is 1.96. The summed E-state index contributed by atoms with van der Waals surface area (Å²) in [7, 11) is 0. The molecule has 3 N–H and O–H groups in total. The van der Waals surface area contributed by atoms with Crippen molar-refractivity contribution < 1.29 is 24.5 Å². The van der Waals surface area contributed by atoms with Gasteiger partial charge < -0.3 is 20.3 Å². The molecular formula is C16H23NO5. The number of carbonyl (C=O) groups excluding carboxylic acids is 1. The molecule has 0 unspecified atom stereocenters. The first-order chi connectivity index (χ1) is 10.2. The van der Waals surface area contributed by atoms with E-state index in [2.05, 4.69) is 5.32 Å². The zero-order valence-corrected chi connectivity index (χ0v) is 13.1. The monoisotopic (exact) mass is 309 g/mol. The van der Waals surface area contributed by atoms with Gasteiger partial charge in [-0.2, -0.15) is 0 Å². The van der Waals surface area contributed by atoms with Gasteiger partial charge in [0.1, 0.15) is 5.60 Å². The summed E-state index contributed by atoms with van der Waals surface area (Å²) in [5, 5.41) is 21.4. The second-order valence-corrected chi connectivity index (χ2v) is 6.11. The first kappa shape index (κ1) is 18.0. The molecule has 1 aromatic carbocycles. The van der Waals surface area contributed by atoms with Crippen LogP contribution in [0.1, 0.15) is 32.8 Å². The normalized spacial score (nSPS) is 14.0. The molecule has 0 bridgehead atoms. The number of aliphatic hydroxyl groups is 1. The van der Waals surface area contributed by atoms with Crippen LogP contribution in [0.3, 0.4) is 0 Å². The van der Waals surface area contributed by atoms with Crippen LogP contribution in [-0.2, 0) is 16.0 Å². The molecular weight excluding hydrogens is 286 g/mol. The summed E-state index contributed by atoms with van der Waals surface area (Å²) < 4.78 is 5.15. The van der Waals surface area contributed by atoms with Gasteiger partial charge in [-0.05, 0) is 32.8 Å². The number of ether oxygens (including phenoxy) is 1. The van der Waals surface area contributed by atoms with Gasteiger partial charge in [0, 0.05) is 0 Å². The summed E-state index contributed by atoms with van der Waals surface area (Å²) >= 11 is 0. The lowest BCUT2D eigenvalue weighted by atomic mass is 9.99. The van der Waals surface area contributed by atoms with Gasteiger partial charge in [0.2, 0.25) is 0 Å². The number of hydrogen-bond donors (Lipinski definition) is 3. The Hall–Kier alpha value is -2.08. The molecule has 1 amide bonds. The highest BCUT2D eigenvalue weighted by atomic mass is 16.6. The van der Waals surface area contributed by atoms with Crippen molar-refractivity contribution in [2.45, 2.75) is 51.4 Å². The Balaban J connectivity index is 2.77. The van der Waals surface area contributed by atoms with E-state index in [4.69, 9.17) is 9.84 Å². The average Bonchev–Trinajstić information content (AvgIpc) is 2.36. The van der Waals surface area contributed by atoms with E-state index in [1.807, 2.05) is 30.3 Å². The predicted molar refractivity (Wildman–Crippen MR) is 81.6 cm³/mol. The second-order valence-electron chi connectivity index (χ2n) is 6.11. The number of nitrogens with one attached hydrogen (secondary N) is 1. The first-order valence-electron chi connectivity index (χ1n) is 7.10. The maximum atomic E-state index is 11.9. The number of carboxylic acid groups (broad SMARTS) is 1. The maximum Gasteiger partial charge on any atom is 0.407 e. The van der Waals surface area contributed by atoms with Crippen LogP contribution in [0.4, 0.5) is 4.79 Å². The molecule has 2 atom stereocenters. The van der Waals surface area contributed by atoms with Crippen molar-refractivity contribution in [1.82, 2.24) is 5.32 Å². The Labute approximate surface area is 130 Å². The third-order valence-corrected chi connectivity index (χ3v) is 2.85. The van der Waals surface area contributed by atoms with Gasteiger partial charge in [0.05, 0.1) is 18.6 Å². The van der Waals surface area contributed by atoms with Crippen molar-refractivity contribution in [2.75, 3.05) is 0 Å². The summed E-state index contributed by atoms with van der Waals surface area (Å²) in [5.74, 6) is -1.13. The Bertz CT molecular complexity index is 495. The number of benzene rings is 1. The third-order valence-electron chi connectivity index (χ3n) is 2.85. The van der Waals surface area contributed by atoms with Crippen LogP contribution in [-0.4, -0.2) is 40.0 Å². The van der Waals surface area contributed by atoms with Crippen LogP contribution in [0.25, 0.3) is 0 Å². The Morgan fingerprint density at radius 3 is 2.32 bits per heavy atom. The number of alkyl carbamates (subject to hydrolysis) is 1. The molecule has 0 radical (unpaired) electrons. The Kier molecular flexibility index (Phi) is 6.37. The molecule has 122 valence electrons. The summed E-state index contributed by atoms with van der Waals surface area (Å²) in [6.45, 7) is 5.19. The van der Waals surface area contributed by atoms with Gasteiger partial charge in [-0.15, -0.1) is 0 Å². The quantitative estimate of drug-likeness (QED) is 0.746. The van der Waals surface area contributed by atoms with Crippen LogP contribution in [0, 0.1) is 0 Å². The summed E-state index contributed by atoms with van der Waals surface area (Å²) in [6.07, 6.45) is -2.02. The molecule has 0 heterocycles. The summed E-state index contributed by atoms with van der Waals surface area (Å²) in [6, 6.07) is 8.47. The summed E-state index contributed by atoms with van der Waals surface area (Å²) in [4.78, 5) is 22.6. The Morgan fingerprint density at radius 2 is 1.82 bits per heavy atom. The van der Waals surface area contributed by atoms with Crippen LogP contribution in [0.2, 0.25) is 0 Å². The highest BCUT2D eigenvalue weighted by Gasteiger charge is 2.26. The van der Waals surface area contributed by atoms with Gasteiger partial charge in [0.25, 0.3) is 0 Å². The van der Waals surface area contributed by atoms with E-state index in [1.54, 1.807) is 20.8 Å². The number of carbonyl (C=O) groups is 2. The lowest BCUT2D eigenvalue weighted by Gasteiger charge is -2.26. The largest absolute Gasteiger partial charge is 0.481 e. The van der Waals surface area contributed by atoms with Crippen LogP contribution >= 0.6 is 0 Å². The van der Waals surface area contributed by atoms with Gasteiger partial charge in [-0.25, -0.2) is 4.79 Å². The molecule has 0 saturated heterocycles. The highest BCUT2D eigenvalue weighted by molar-refractivity contribution is 5.69. The number of rotatable bonds is 6. The van der Waals surface area contributed by atoms with E-state index in [0.29, 0.717) is 6.42 Å². The van der Waals surface area contributed by atoms with Crippen molar-refractivity contribution >= 4 is 12.1 Å². The second kappa shape index (κ2) is 7.79. The smallest absolute Gasteiger partial charge is 0.407 e. The number of hydrogen-bond acceptors (Lipinski definition) is 4. The van der Waals surface area contributed by atoms with E-state index in [1.165, 1.54) is 0 Å². The van der Waals surface area contributed by atoms with Crippen molar-refractivity contribution in [3.8, 4) is 0 Å². The van der Waals surface area contributed by atoms with Crippen molar-refractivity contribution in [3.05, 3.63) is 35.9 Å². The summed E-state index contributed by atoms with van der Waals surface area (Å²) in [5.41, 5.74) is 0.215. The molecule has 0 fully saturated rings. The number of amides is 1. The molecule has 6 heteroatoms. The standard InChI is InChI=1S/C16H23NO5/c1-16(2,3)22-15(21)17-12(13(18)10-14(19)20)9-11-7-5-4-6-8-11/h4-8,12-13,18H,9-10H2,1-3H3,(H,17,21)(H,19,20)/t12-,13+/m0/s1. The first-order valence-corrected chi connectivity index (χ1v) is 7.10. The molecule has 0 spiro atoms. The Morgan fingerprint density at radius 1 is 1.23 bits per heavy atom. The molecule has 1 rings (SSSR count). The fourth-order valence-corrected chi connectivity index (χ4v) is 1.93. The number of aliphatic hydroxyl groups excluding tert-OH is 1. The van der Waals surface area contributed by atoms with E-state index in [9.17, 15) is 14.7 Å². The van der Waals surface area contributed by atoms with Gasteiger partial charge in [-0.1, -0.05) is 30.3 Å². The van der Waals surface area contributed by atoms with E-state index < -0.39 is 36.2 Å². The molecule has 1 aromatic rings. The van der Waals surface area contributed by atoms with Crippen LogP contribution in [0.5, 0.6) is 0 Å². The van der Waals surface area contributed by atoms with Crippen LogP contribution in [0.15, 0.2) is 30.3 Å².